The summed E-state index contributed by atoms with van der Waals surface area (Å²) in [6.07, 6.45) is 5.49. The van der Waals surface area contributed by atoms with Crippen LogP contribution in [0, 0.1) is 5.92 Å². The Bertz CT molecular complexity index is 399. The van der Waals surface area contributed by atoms with Crippen molar-refractivity contribution in [3.63, 3.8) is 0 Å². The van der Waals surface area contributed by atoms with Crippen LogP contribution in [0.25, 0.3) is 0 Å². The van der Waals surface area contributed by atoms with Gasteiger partial charge < -0.3 is 14.9 Å². The van der Waals surface area contributed by atoms with Gasteiger partial charge in [0, 0.05) is 0 Å². The number of aliphatic hydroxyl groups is 2. The predicted molar refractivity (Wildman–Crippen MR) is 79.8 cm³/mol. The number of aliphatic hydroxyl groups excluding tert-OH is 2. The van der Waals surface area contributed by atoms with Crippen LogP contribution < -0.4 is 4.74 Å². The molecule has 1 saturated carbocycles. The average molecular weight is 278 g/mol. The molecule has 3 nitrogen and oxygen atoms in total. The Kier molecular flexibility index (Phi) is 5.86. The second-order valence-corrected chi connectivity index (χ2v) is 5.81. The SMILES string of the molecule is CC[C@@H](O)[C@@H](O)c1cccc(OCC2CCCCC2)c1. The Hall–Kier alpha value is -1.06. The second-order valence-electron chi connectivity index (χ2n) is 5.81. The van der Waals surface area contributed by atoms with Gasteiger partial charge >= 0.3 is 0 Å². The number of hydrogen-bond donors (Lipinski definition) is 2. The fourth-order valence-corrected chi connectivity index (χ4v) is 2.80. The summed E-state index contributed by atoms with van der Waals surface area (Å²) >= 11 is 0. The quantitative estimate of drug-likeness (QED) is 0.838. The first-order valence-corrected chi connectivity index (χ1v) is 7.79. The van der Waals surface area contributed by atoms with E-state index in [0.717, 1.165) is 17.9 Å². The van der Waals surface area contributed by atoms with Gasteiger partial charge in [-0.1, -0.05) is 38.3 Å². The van der Waals surface area contributed by atoms with Crippen molar-refractivity contribution in [1.29, 1.82) is 0 Å². The highest BCUT2D eigenvalue weighted by molar-refractivity contribution is 5.30. The van der Waals surface area contributed by atoms with Gasteiger partial charge in [0.1, 0.15) is 11.9 Å². The molecule has 1 aliphatic rings. The van der Waals surface area contributed by atoms with E-state index in [2.05, 4.69) is 0 Å². The van der Waals surface area contributed by atoms with Crippen LogP contribution in [0.3, 0.4) is 0 Å². The summed E-state index contributed by atoms with van der Waals surface area (Å²) in [5.74, 6) is 1.45. The third-order valence-electron chi connectivity index (χ3n) is 4.19. The minimum Gasteiger partial charge on any atom is -0.493 e. The standard InChI is InChI=1S/C17H26O3/c1-2-16(18)17(19)14-9-6-10-15(11-14)20-12-13-7-4-3-5-8-13/h6,9-11,13,16-19H,2-5,7-8,12H2,1H3/t16-,17+/m1/s1. The first-order valence-electron chi connectivity index (χ1n) is 7.79. The van der Waals surface area contributed by atoms with Crippen LogP contribution >= 0.6 is 0 Å². The first kappa shape index (κ1) is 15.3. The van der Waals surface area contributed by atoms with Crippen molar-refractivity contribution in [2.45, 2.75) is 57.7 Å². The van der Waals surface area contributed by atoms with Crippen molar-refractivity contribution in [3.8, 4) is 5.75 Å². The zero-order valence-corrected chi connectivity index (χ0v) is 12.3. The Morgan fingerprint density at radius 3 is 2.65 bits per heavy atom. The summed E-state index contributed by atoms with van der Waals surface area (Å²) in [5, 5.41) is 19.7. The summed E-state index contributed by atoms with van der Waals surface area (Å²) in [5.41, 5.74) is 0.723. The average Bonchev–Trinajstić information content (AvgIpc) is 2.52. The van der Waals surface area contributed by atoms with Gasteiger partial charge in [0.25, 0.3) is 0 Å². The highest BCUT2D eigenvalue weighted by atomic mass is 16.5. The summed E-state index contributed by atoms with van der Waals surface area (Å²) < 4.78 is 5.86. The topological polar surface area (TPSA) is 49.7 Å². The van der Waals surface area contributed by atoms with E-state index in [1.54, 1.807) is 0 Å². The summed E-state index contributed by atoms with van der Waals surface area (Å²) in [7, 11) is 0. The van der Waals surface area contributed by atoms with Gasteiger partial charge in [0.2, 0.25) is 0 Å². The third-order valence-corrected chi connectivity index (χ3v) is 4.19. The molecule has 2 rings (SSSR count). The summed E-state index contributed by atoms with van der Waals surface area (Å²) in [4.78, 5) is 0. The maximum absolute atomic E-state index is 10.0. The molecule has 0 aliphatic heterocycles. The van der Waals surface area contributed by atoms with E-state index in [-0.39, 0.29) is 0 Å². The maximum Gasteiger partial charge on any atom is 0.119 e. The van der Waals surface area contributed by atoms with E-state index in [1.165, 1.54) is 32.1 Å². The number of benzene rings is 1. The summed E-state index contributed by atoms with van der Waals surface area (Å²) in [6.45, 7) is 2.62. The highest BCUT2D eigenvalue weighted by Gasteiger charge is 2.17. The molecule has 0 aromatic heterocycles. The minimum absolute atomic E-state index is 0.536. The van der Waals surface area contributed by atoms with Crippen molar-refractivity contribution in [2.75, 3.05) is 6.61 Å². The van der Waals surface area contributed by atoms with Crippen molar-refractivity contribution in [2.24, 2.45) is 5.92 Å². The van der Waals surface area contributed by atoms with Gasteiger partial charge in [-0.25, -0.2) is 0 Å². The van der Waals surface area contributed by atoms with Gasteiger partial charge in [-0.2, -0.15) is 0 Å². The van der Waals surface area contributed by atoms with Gasteiger partial charge in [-0.05, 0) is 42.9 Å². The van der Waals surface area contributed by atoms with E-state index in [9.17, 15) is 10.2 Å². The van der Waals surface area contributed by atoms with Gasteiger partial charge in [-0.3, -0.25) is 0 Å². The molecule has 1 aromatic rings. The van der Waals surface area contributed by atoms with Crippen LogP contribution in [0.4, 0.5) is 0 Å². The Labute approximate surface area is 121 Å². The van der Waals surface area contributed by atoms with Crippen LogP contribution in [0.1, 0.15) is 57.1 Å². The monoisotopic (exact) mass is 278 g/mol. The largest absolute Gasteiger partial charge is 0.493 e. The lowest BCUT2D eigenvalue weighted by Gasteiger charge is -2.22. The molecule has 1 aliphatic carbocycles. The fourth-order valence-electron chi connectivity index (χ4n) is 2.80. The molecule has 2 atom stereocenters. The van der Waals surface area contributed by atoms with E-state index in [0.29, 0.717) is 12.3 Å². The molecule has 1 fully saturated rings. The van der Waals surface area contributed by atoms with Crippen molar-refractivity contribution in [1.82, 2.24) is 0 Å². The molecule has 0 radical (unpaired) electrons. The van der Waals surface area contributed by atoms with Gasteiger partial charge in [0.15, 0.2) is 0 Å². The molecular weight excluding hydrogens is 252 g/mol. The number of hydrogen-bond acceptors (Lipinski definition) is 3. The molecule has 0 heterocycles. The van der Waals surface area contributed by atoms with Crippen molar-refractivity contribution >= 4 is 0 Å². The zero-order chi connectivity index (χ0) is 14.4. The Morgan fingerprint density at radius 2 is 1.95 bits per heavy atom. The maximum atomic E-state index is 10.0. The molecule has 0 unspecified atom stereocenters. The molecule has 0 bridgehead atoms. The van der Waals surface area contributed by atoms with Crippen LogP contribution in [0.2, 0.25) is 0 Å². The van der Waals surface area contributed by atoms with Gasteiger partial charge in [-0.15, -0.1) is 0 Å². The van der Waals surface area contributed by atoms with Crippen LogP contribution in [-0.4, -0.2) is 22.9 Å². The third kappa shape index (κ3) is 4.22. The Balaban J connectivity index is 1.91. The van der Waals surface area contributed by atoms with E-state index < -0.39 is 12.2 Å². The lowest BCUT2D eigenvalue weighted by molar-refractivity contribution is 0.0163. The fraction of sp³-hybridized carbons (Fsp3) is 0.647. The van der Waals surface area contributed by atoms with Crippen molar-refractivity contribution < 1.29 is 14.9 Å². The zero-order valence-electron chi connectivity index (χ0n) is 12.3. The normalized spacial score (nSPS) is 19.6. The minimum atomic E-state index is -0.835. The number of ether oxygens (including phenoxy) is 1. The van der Waals surface area contributed by atoms with E-state index in [4.69, 9.17) is 4.74 Å². The van der Waals surface area contributed by atoms with Gasteiger partial charge in [0.05, 0.1) is 12.7 Å². The predicted octanol–water partition coefficient (Wildman–Crippen LogP) is 3.45. The molecule has 2 N–H and O–H groups in total. The molecule has 1 aromatic carbocycles. The van der Waals surface area contributed by atoms with Crippen LogP contribution in [0.5, 0.6) is 5.75 Å². The molecule has 112 valence electrons. The lowest BCUT2D eigenvalue weighted by atomic mass is 9.90. The van der Waals surface area contributed by atoms with E-state index in [1.807, 2.05) is 31.2 Å². The smallest absolute Gasteiger partial charge is 0.119 e. The molecule has 3 heteroatoms. The number of rotatable bonds is 6. The highest BCUT2D eigenvalue weighted by Crippen LogP contribution is 2.26. The molecule has 0 saturated heterocycles. The first-order chi connectivity index (χ1) is 9.70. The lowest BCUT2D eigenvalue weighted by Crippen LogP contribution is -2.17. The van der Waals surface area contributed by atoms with Crippen LogP contribution in [0.15, 0.2) is 24.3 Å². The summed E-state index contributed by atoms with van der Waals surface area (Å²) in [6, 6.07) is 7.46. The molecular formula is C17H26O3. The Morgan fingerprint density at radius 1 is 1.20 bits per heavy atom. The molecule has 0 amide bonds. The van der Waals surface area contributed by atoms with Crippen molar-refractivity contribution in [3.05, 3.63) is 29.8 Å². The second kappa shape index (κ2) is 7.65. The molecule has 20 heavy (non-hydrogen) atoms. The van der Waals surface area contributed by atoms with E-state index >= 15 is 0 Å². The molecule has 0 spiro atoms. The van der Waals surface area contributed by atoms with Crippen LogP contribution in [-0.2, 0) is 0 Å².